The summed E-state index contributed by atoms with van der Waals surface area (Å²) in [6.07, 6.45) is 0.678. The molecule has 3 nitrogen and oxygen atoms in total. The Bertz CT molecular complexity index is 455. The molecule has 1 saturated heterocycles. The van der Waals surface area contributed by atoms with Crippen LogP contribution < -0.4 is 4.90 Å². The second-order valence-electron chi connectivity index (χ2n) is 4.56. The molecule has 2 unspecified atom stereocenters. The van der Waals surface area contributed by atoms with Crippen LogP contribution in [0.3, 0.4) is 0 Å². The monoisotopic (exact) mass is 250 g/mol. The highest BCUT2D eigenvalue weighted by molar-refractivity contribution is 6.32. The molecular formula is C13H15ClN2O. The number of anilines is 1. The first-order valence-electron chi connectivity index (χ1n) is 5.74. The van der Waals surface area contributed by atoms with Crippen molar-refractivity contribution < 1.29 is 5.11 Å². The average molecular weight is 251 g/mol. The van der Waals surface area contributed by atoms with Crippen molar-refractivity contribution in [3.05, 3.63) is 28.8 Å². The largest absolute Gasteiger partial charge is 0.391 e. The van der Waals surface area contributed by atoms with Gasteiger partial charge in [0.05, 0.1) is 16.7 Å². The maximum absolute atomic E-state index is 9.85. The van der Waals surface area contributed by atoms with Gasteiger partial charge in [0.15, 0.2) is 0 Å². The molecule has 0 aliphatic carbocycles. The van der Waals surface area contributed by atoms with Crippen molar-refractivity contribution >= 4 is 17.3 Å². The lowest BCUT2D eigenvalue weighted by Crippen LogP contribution is -2.42. The van der Waals surface area contributed by atoms with Crippen molar-refractivity contribution in [3.63, 3.8) is 0 Å². The third kappa shape index (κ3) is 2.54. The van der Waals surface area contributed by atoms with Crippen LogP contribution in [0.4, 0.5) is 5.69 Å². The number of rotatable bonds is 1. The molecule has 0 bridgehead atoms. The number of nitriles is 1. The SMILES string of the molecule is CC1CCN(c2ccc(C#N)c(Cl)c2)CC1O. The topological polar surface area (TPSA) is 47.3 Å². The van der Waals surface area contributed by atoms with E-state index >= 15 is 0 Å². The summed E-state index contributed by atoms with van der Waals surface area (Å²) in [5.74, 6) is 0.347. The van der Waals surface area contributed by atoms with E-state index in [1.165, 1.54) is 0 Å². The predicted molar refractivity (Wildman–Crippen MR) is 68.2 cm³/mol. The van der Waals surface area contributed by atoms with Crippen molar-refractivity contribution in [1.29, 1.82) is 5.26 Å². The highest BCUT2D eigenvalue weighted by Gasteiger charge is 2.24. The minimum Gasteiger partial charge on any atom is -0.391 e. The zero-order valence-electron chi connectivity index (χ0n) is 9.73. The number of β-amino-alcohol motifs (C(OH)–C–C–N with tert-alkyl or cyclic N) is 1. The number of piperidine rings is 1. The standard InChI is InChI=1S/C13H15ClN2O/c1-9-4-5-16(8-13(9)17)11-3-2-10(7-15)12(14)6-11/h2-3,6,9,13,17H,4-5,8H2,1H3. The molecule has 1 N–H and O–H groups in total. The highest BCUT2D eigenvalue weighted by atomic mass is 35.5. The lowest BCUT2D eigenvalue weighted by atomic mass is 9.95. The molecule has 1 aromatic rings. The van der Waals surface area contributed by atoms with Crippen LogP contribution in [0.2, 0.25) is 5.02 Å². The minimum absolute atomic E-state index is 0.293. The van der Waals surface area contributed by atoms with E-state index in [1.807, 2.05) is 12.1 Å². The van der Waals surface area contributed by atoms with Crippen LogP contribution in [-0.2, 0) is 0 Å². The summed E-state index contributed by atoms with van der Waals surface area (Å²) >= 11 is 6.00. The third-order valence-corrected chi connectivity index (χ3v) is 3.67. The van der Waals surface area contributed by atoms with Gasteiger partial charge in [0.2, 0.25) is 0 Å². The summed E-state index contributed by atoms with van der Waals surface area (Å²) in [6.45, 7) is 3.61. The van der Waals surface area contributed by atoms with E-state index < -0.39 is 0 Å². The van der Waals surface area contributed by atoms with Gasteiger partial charge >= 0.3 is 0 Å². The van der Waals surface area contributed by atoms with E-state index in [0.717, 1.165) is 18.7 Å². The quantitative estimate of drug-likeness (QED) is 0.833. The molecule has 0 spiro atoms. The van der Waals surface area contributed by atoms with Gasteiger partial charge in [-0.3, -0.25) is 0 Å². The second-order valence-corrected chi connectivity index (χ2v) is 4.96. The number of aliphatic hydroxyl groups is 1. The number of hydrogen-bond donors (Lipinski definition) is 1. The lowest BCUT2D eigenvalue weighted by Gasteiger charge is -2.35. The summed E-state index contributed by atoms with van der Waals surface area (Å²) in [5.41, 5.74) is 1.46. The van der Waals surface area contributed by atoms with Gasteiger partial charge < -0.3 is 10.0 Å². The van der Waals surface area contributed by atoms with Crippen molar-refractivity contribution in [2.24, 2.45) is 5.92 Å². The first-order chi connectivity index (χ1) is 8.11. The molecule has 0 amide bonds. The highest BCUT2D eigenvalue weighted by Crippen LogP contribution is 2.27. The maximum Gasteiger partial charge on any atom is 0.101 e. The Kier molecular flexibility index (Phi) is 3.56. The van der Waals surface area contributed by atoms with Crippen molar-refractivity contribution in [2.75, 3.05) is 18.0 Å². The first kappa shape index (κ1) is 12.2. The Morgan fingerprint density at radius 1 is 1.53 bits per heavy atom. The van der Waals surface area contributed by atoms with Crippen LogP contribution in [0.5, 0.6) is 0 Å². The average Bonchev–Trinajstić information content (AvgIpc) is 2.32. The molecular weight excluding hydrogens is 236 g/mol. The number of hydrogen-bond acceptors (Lipinski definition) is 3. The number of benzene rings is 1. The molecule has 0 aromatic heterocycles. The molecule has 17 heavy (non-hydrogen) atoms. The van der Waals surface area contributed by atoms with E-state index in [0.29, 0.717) is 23.0 Å². The Labute approximate surface area is 106 Å². The fourth-order valence-electron chi connectivity index (χ4n) is 2.07. The summed E-state index contributed by atoms with van der Waals surface area (Å²) in [5, 5.41) is 19.1. The van der Waals surface area contributed by atoms with Gasteiger partial charge in [-0.1, -0.05) is 18.5 Å². The number of halogens is 1. The molecule has 1 fully saturated rings. The molecule has 4 heteroatoms. The molecule has 1 heterocycles. The molecule has 90 valence electrons. The Morgan fingerprint density at radius 3 is 2.88 bits per heavy atom. The maximum atomic E-state index is 9.85. The van der Waals surface area contributed by atoms with E-state index in [9.17, 15) is 5.11 Å². The van der Waals surface area contributed by atoms with Gasteiger partial charge in [-0.2, -0.15) is 5.26 Å². The second kappa shape index (κ2) is 4.95. The van der Waals surface area contributed by atoms with Crippen LogP contribution in [0.1, 0.15) is 18.9 Å². The summed E-state index contributed by atoms with van der Waals surface area (Å²) in [4.78, 5) is 2.11. The zero-order chi connectivity index (χ0) is 12.4. The van der Waals surface area contributed by atoms with E-state index in [-0.39, 0.29) is 6.10 Å². The molecule has 2 rings (SSSR count). The van der Waals surface area contributed by atoms with Crippen molar-refractivity contribution in [3.8, 4) is 6.07 Å². The fourth-order valence-corrected chi connectivity index (χ4v) is 2.29. The Balaban J connectivity index is 2.18. The van der Waals surface area contributed by atoms with E-state index in [2.05, 4.69) is 11.8 Å². The van der Waals surface area contributed by atoms with Crippen LogP contribution in [0, 0.1) is 17.2 Å². The summed E-state index contributed by atoms with van der Waals surface area (Å²) < 4.78 is 0. The van der Waals surface area contributed by atoms with Crippen LogP contribution in [0.25, 0.3) is 0 Å². The predicted octanol–water partition coefficient (Wildman–Crippen LogP) is 2.42. The van der Waals surface area contributed by atoms with Crippen LogP contribution >= 0.6 is 11.6 Å². The van der Waals surface area contributed by atoms with Gasteiger partial charge in [-0.25, -0.2) is 0 Å². The molecule has 0 saturated carbocycles. The van der Waals surface area contributed by atoms with Crippen molar-refractivity contribution in [2.45, 2.75) is 19.4 Å². The molecule has 1 aromatic carbocycles. The van der Waals surface area contributed by atoms with Crippen LogP contribution in [0.15, 0.2) is 18.2 Å². The smallest absolute Gasteiger partial charge is 0.101 e. The van der Waals surface area contributed by atoms with Crippen LogP contribution in [-0.4, -0.2) is 24.3 Å². The first-order valence-corrected chi connectivity index (χ1v) is 6.12. The molecule has 1 aliphatic rings. The third-order valence-electron chi connectivity index (χ3n) is 3.36. The Morgan fingerprint density at radius 2 is 2.29 bits per heavy atom. The minimum atomic E-state index is -0.293. The molecule has 2 atom stereocenters. The van der Waals surface area contributed by atoms with Gasteiger partial charge in [0.1, 0.15) is 6.07 Å². The van der Waals surface area contributed by atoms with E-state index in [4.69, 9.17) is 16.9 Å². The number of aliphatic hydroxyl groups excluding tert-OH is 1. The molecule has 1 aliphatic heterocycles. The Hall–Kier alpha value is -1.24. The fraction of sp³-hybridized carbons (Fsp3) is 0.462. The van der Waals surface area contributed by atoms with Gasteiger partial charge in [-0.05, 0) is 30.5 Å². The normalized spacial score (nSPS) is 24.5. The van der Waals surface area contributed by atoms with E-state index in [1.54, 1.807) is 12.1 Å². The molecule has 0 radical (unpaired) electrons. The zero-order valence-corrected chi connectivity index (χ0v) is 10.5. The number of nitrogens with zero attached hydrogens (tertiary/aromatic N) is 2. The van der Waals surface area contributed by atoms with Crippen molar-refractivity contribution in [1.82, 2.24) is 0 Å². The van der Waals surface area contributed by atoms with Gasteiger partial charge in [0.25, 0.3) is 0 Å². The summed E-state index contributed by atoms with van der Waals surface area (Å²) in [6, 6.07) is 7.44. The van der Waals surface area contributed by atoms with Gasteiger partial charge in [0, 0.05) is 18.8 Å². The summed E-state index contributed by atoms with van der Waals surface area (Å²) in [7, 11) is 0. The lowest BCUT2D eigenvalue weighted by molar-refractivity contribution is 0.103. The van der Waals surface area contributed by atoms with Gasteiger partial charge in [-0.15, -0.1) is 0 Å².